The monoisotopic (exact) mass is 282 g/mol. The molecule has 0 saturated heterocycles. The smallest absolute Gasteiger partial charge is 0.492 e. The van der Waals surface area contributed by atoms with Gasteiger partial charge in [-0.15, -0.1) is 0 Å². The van der Waals surface area contributed by atoms with Gasteiger partial charge in [-0.2, -0.15) is 0 Å². The van der Waals surface area contributed by atoms with Crippen molar-refractivity contribution in [1.82, 2.24) is 0 Å². The Morgan fingerprint density at radius 1 is 1.15 bits per heavy atom. The highest BCUT2D eigenvalue weighted by Gasteiger charge is 2.29. The maximum atomic E-state index is 12.2. The average Bonchev–Trinajstić information content (AvgIpc) is 2.34. The van der Waals surface area contributed by atoms with E-state index in [1.165, 1.54) is 26.4 Å². The van der Waals surface area contributed by atoms with Crippen LogP contribution in [0.25, 0.3) is 0 Å². The maximum Gasteiger partial charge on any atom is 0.492 e. The van der Waals surface area contributed by atoms with E-state index in [0.717, 1.165) is 0 Å². The Morgan fingerprint density at radius 3 is 2.15 bits per heavy atom. The second kappa shape index (κ2) is 6.15. The van der Waals surface area contributed by atoms with Crippen molar-refractivity contribution in [2.75, 3.05) is 14.2 Å². The summed E-state index contributed by atoms with van der Waals surface area (Å²) in [5, 5.41) is 18.6. The first-order valence-corrected chi connectivity index (χ1v) is 6.05. The Morgan fingerprint density at radius 2 is 1.75 bits per heavy atom. The molecular formula is C13H19BO6. The summed E-state index contributed by atoms with van der Waals surface area (Å²) in [5.41, 5.74) is -0.606. The summed E-state index contributed by atoms with van der Waals surface area (Å²) in [6, 6.07) is 2.87. The van der Waals surface area contributed by atoms with Gasteiger partial charge in [-0.3, -0.25) is 0 Å². The largest absolute Gasteiger partial charge is 0.496 e. The van der Waals surface area contributed by atoms with Gasteiger partial charge in [0.1, 0.15) is 22.7 Å². The van der Waals surface area contributed by atoms with Crippen LogP contribution in [-0.4, -0.2) is 43.0 Å². The third-order valence-electron chi connectivity index (χ3n) is 2.46. The lowest BCUT2D eigenvalue weighted by Crippen LogP contribution is -2.33. The molecule has 2 N–H and O–H groups in total. The van der Waals surface area contributed by atoms with Gasteiger partial charge in [0, 0.05) is 5.46 Å². The quantitative estimate of drug-likeness (QED) is 0.612. The van der Waals surface area contributed by atoms with E-state index in [1.54, 1.807) is 20.8 Å². The Hall–Kier alpha value is -1.73. The lowest BCUT2D eigenvalue weighted by atomic mass is 9.78. The summed E-state index contributed by atoms with van der Waals surface area (Å²) in [6.07, 6.45) is 0. The molecule has 0 aliphatic carbocycles. The second-order valence-corrected chi connectivity index (χ2v) is 5.14. The molecule has 0 aliphatic heterocycles. The first kappa shape index (κ1) is 16.3. The molecule has 20 heavy (non-hydrogen) atoms. The molecule has 0 heterocycles. The summed E-state index contributed by atoms with van der Waals surface area (Å²) in [6.45, 7) is 5.19. The second-order valence-electron chi connectivity index (χ2n) is 5.14. The van der Waals surface area contributed by atoms with Crippen LogP contribution in [0.15, 0.2) is 12.1 Å². The van der Waals surface area contributed by atoms with Crippen LogP contribution in [0.1, 0.15) is 31.1 Å². The first-order chi connectivity index (χ1) is 9.21. The molecule has 0 aliphatic rings. The Labute approximate surface area is 118 Å². The molecule has 0 atom stereocenters. The van der Waals surface area contributed by atoms with Gasteiger partial charge in [0.15, 0.2) is 0 Å². The topological polar surface area (TPSA) is 85.2 Å². The number of methoxy groups -OCH3 is 2. The van der Waals surface area contributed by atoms with Gasteiger partial charge in [0.25, 0.3) is 0 Å². The van der Waals surface area contributed by atoms with Crippen LogP contribution < -0.4 is 14.9 Å². The third-order valence-corrected chi connectivity index (χ3v) is 2.46. The minimum absolute atomic E-state index is 0.0219. The predicted molar refractivity (Wildman–Crippen MR) is 74.5 cm³/mol. The number of hydrogen-bond donors (Lipinski definition) is 2. The molecule has 0 unspecified atom stereocenters. The van der Waals surface area contributed by atoms with E-state index < -0.39 is 18.7 Å². The predicted octanol–water partition coefficient (Wildman–Crippen LogP) is 0.339. The number of esters is 1. The highest BCUT2D eigenvalue weighted by Crippen LogP contribution is 2.29. The molecule has 6 nitrogen and oxygen atoms in total. The van der Waals surface area contributed by atoms with Crippen LogP contribution in [0.2, 0.25) is 0 Å². The van der Waals surface area contributed by atoms with Crippen molar-refractivity contribution in [3.8, 4) is 11.5 Å². The average molecular weight is 282 g/mol. The Balaban J connectivity index is 3.40. The van der Waals surface area contributed by atoms with Gasteiger partial charge in [-0.05, 0) is 26.8 Å². The molecule has 1 aromatic rings. The normalized spacial score (nSPS) is 10.9. The van der Waals surface area contributed by atoms with Gasteiger partial charge in [0.05, 0.1) is 14.2 Å². The summed E-state index contributed by atoms with van der Waals surface area (Å²) in [7, 11) is 0.962. The fraction of sp³-hybridized carbons (Fsp3) is 0.462. The highest BCUT2D eigenvalue weighted by atomic mass is 16.6. The number of hydrogen-bond acceptors (Lipinski definition) is 6. The minimum Gasteiger partial charge on any atom is -0.496 e. The molecule has 110 valence electrons. The zero-order valence-electron chi connectivity index (χ0n) is 12.3. The SMILES string of the molecule is COc1ccc(B(O)O)c(OC)c1C(=O)OC(C)(C)C. The molecule has 7 heteroatoms. The first-order valence-electron chi connectivity index (χ1n) is 6.05. The minimum atomic E-state index is -1.77. The molecule has 0 spiro atoms. The van der Waals surface area contributed by atoms with Crippen molar-refractivity contribution in [3.63, 3.8) is 0 Å². The van der Waals surface area contributed by atoms with Crippen molar-refractivity contribution in [1.29, 1.82) is 0 Å². The van der Waals surface area contributed by atoms with Crippen LogP contribution in [0.4, 0.5) is 0 Å². The van der Waals surface area contributed by atoms with Gasteiger partial charge < -0.3 is 24.3 Å². The van der Waals surface area contributed by atoms with E-state index in [9.17, 15) is 14.8 Å². The maximum absolute atomic E-state index is 12.2. The lowest BCUT2D eigenvalue weighted by Gasteiger charge is -2.22. The number of ether oxygens (including phenoxy) is 3. The van der Waals surface area contributed by atoms with Crippen molar-refractivity contribution >= 4 is 18.6 Å². The molecule has 0 radical (unpaired) electrons. The zero-order chi connectivity index (χ0) is 15.5. The number of benzene rings is 1. The van der Waals surface area contributed by atoms with Crippen LogP contribution in [0.3, 0.4) is 0 Å². The van der Waals surface area contributed by atoms with Crippen molar-refractivity contribution in [2.45, 2.75) is 26.4 Å². The standard InChI is InChI=1S/C13H19BO6/c1-13(2,3)20-12(15)10-9(18-4)7-6-8(14(16)17)11(10)19-5/h6-7,16-17H,1-5H3. The number of rotatable bonds is 4. The molecule has 0 aromatic heterocycles. The van der Waals surface area contributed by atoms with Crippen LogP contribution in [0.5, 0.6) is 11.5 Å². The Kier molecular flexibility index (Phi) is 5.02. The fourth-order valence-electron chi connectivity index (χ4n) is 1.70. The summed E-state index contributed by atoms with van der Waals surface area (Å²) in [5.74, 6) is -0.400. The number of carbonyl (C=O) groups is 1. The van der Waals surface area contributed by atoms with E-state index in [4.69, 9.17) is 14.2 Å². The summed E-state index contributed by atoms with van der Waals surface area (Å²) < 4.78 is 15.5. The van der Waals surface area contributed by atoms with E-state index in [0.29, 0.717) is 0 Å². The Bertz CT molecular complexity index is 492. The van der Waals surface area contributed by atoms with Gasteiger partial charge in [-0.1, -0.05) is 6.07 Å². The molecular weight excluding hydrogens is 263 g/mol. The van der Waals surface area contributed by atoms with Crippen molar-refractivity contribution in [2.24, 2.45) is 0 Å². The van der Waals surface area contributed by atoms with E-state index >= 15 is 0 Å². The molecule has 1 aromatic carbocycles. The summed E-state index contributed by atoms with van der Waals surface area (Å²) in [4.78, 5) is 12.2. The van der Waals surface area contributed by atoms with E-state index in [-0.39, 0.29) is 22.5 Å². The van der Waals surface area contributed by atoms with E-state index in [2.05, 4.69) is 0 Å². The molecule has 0 fully saturated rings. The van der Waals surface area contributed by atoms with Crippen LogP contribution in [-0.2, 0) is 4.74 Å². The van der Waals surface area contributed by atoms with E-state index in [1.807, 2.05) is 0 Å². The summed E-state index contributed by atoms with van der Waals surface area (Å²) >= 11 is 0. The zero-order valence-corrected chi connectivity index (χ0v) is 12.3. The van der Waals surface area contributed by atoms with Crippen LogP contribution in [0, 0.1) is 0 Å². The van der Waals surface area contributed by atoms with Gasteiger partial charge >= 0.3 is 13.1 Å². The van der Waals surface area contributed by atoms with Crippen LogP contribution >= 0.6 is 0 Å². The highest BCUT2D eigenvalue weighted by molar-refractivity contribution is 6.60. The molecule has 0 amide bonds. The van der Waals surface area contributed by atoms with Crippen molar-refractivity contribution in [3.05, 3.63) is 17.7 Å². The van der Waals surface area contributed by atoms with Crippen molar-refractivity contribution < 1.29 is 29.1 Å². The van der Waals surface area contributed by atoms with Gasteiger partial charge in [-0.25, -0.2) is 4.79 Å². The fourth-order valence-corrected chi connectivity index (χ4v) is 1.70. The lowest BCUT2D eigenvalue weighted by molar-refractivity contribution is 0.00636. The molecule has 0 bridgehead atoms. The third kappa shape index (κ3) is 3.65. The number of carbonyl (C=O) groups excluding carboxylic acids is 1. The molecule has 1 rings (SSSR count). The van der Waals surface area contributed by atoms with Gasteiger partial charge in [0.2, 0.25) is 0 Å². The molecule has 0 saturated carbocycles.